The predicted molar refractivity (Wildman–Crippen MR) is 152 cm³/mol. The molecule has 0 saturated heterocycles. The second-order valence-corrected chi connectivity index (χ2v) is 12.1. The molecule has 3 aromatic rings. The van der Waals surface area contributed by atoms with E-state index < -0.39 is 61.1 Å². The van der Waals surface area contributed by atoms with Crippen LogP contribution < -0.4 is 4.74 Å². The van der Waals surface area contributed by atoms with E-state index in [1.165, 1.54) is 32.9 Å². The van der Waals surface area contributed by atoms with E-state index in [0.29, 0.717) is 5.52 Å². The van der Waals surface area contributed by atoms with Gasteiger partial charge in [-0.05, 0) is 70.4 Å². The minimum absolute atomic E-state index is 0.00208. The molecule has 12 heteroatoms. The summed E-state index contributed by atoms with van der Waals surface area (Å²) in [7, 11) is 0. The maximum Gasteiger partial charge on any atom is 0.378 e. The van der Waals surface area contributed by atoms with Crippen LogP contribution in [0, 0.1) is 5.41 Å². The molecule has 4 nitrogen and oxygen atoms in total. The summed E-state index contributed by atoms with van der Waals surface area (Å²) in [6.07, 6.45) is -3.18. The van der Waals surface area contributed by atoms with E-state index in [1.54, 1.807) is 6.07 Å². The van der Waals surface area contributed by atoms with Crippen molar-refractivity contribution >= 4 is 16.9 Å². The lowest BCUT2D eigenvalue weighted by Gasteiger charge is -2.36. The van der Waals surface area contributed by atoms with Gasteiger partial charge in [-0.25, -0.2) is 0 Å². The topological polar surface area (TPSA) is 40.5 Å². The number of benzene rings is 2. The van der Waals surface area contributed by atoms with Gasteiger partial charge in [0.1, 0.15) is 5.75 Å². The normalized spacial score (nSPS) is 13.5. The third-order valence-corrected chi connectivity index (χ3v) is 7.25. The van der Waals surface area contributed by atoms with Gasteiger partial charge in [-0.15, -0.1) is 0 Å². The van der Waals surface area contributed by atoms with Crippen molar-refractivity contribution in [3.63, 3.8) is 0 Å². The van der Waals surface area contributed by atoms with Gasteiger partial charge >= 0.3 is 29.7 Å². The fourth-order valence-corrected chi connectivity index (χ4v) is 4.54. The first-order valence-corrected chi connectivity index (χ1v) is 14.2. The highest BCUT2D eigenvalue weighted by Gasteiger charge is 2.79. The predicted octanol–water partition coefficient (Wildman–Crippen LogP) is 9.74. The summed E-state index contributed by atoms with van der Waals surface area (Å²) < 4.78 is 126. The van der Waals surface area contributed by atoms with Crippen LogP contribution in [-0.4, -0.2) is 47.4 Å². The van der Waals surface area contributed by atoms with Crippen molar-refractivity contribution in [3.8, 4) is 17.0 Å². The van der Waals surface area contributed by atoms with Gasteiger partial charge in [0.15, 0.2) is 0 Å². The Labute approximate surface area is 251 Å². The average molecular weight is 636 g/mol. The number of nitrogens with zero attached hydrogens (tertiary/aromatic N) is 1. The van der Waals surface area contributed by atoms with Crippen molar-refractivity contribution in [1.29, 1.82) is 0 Å². The number of aryl methyl sites for hydroxylation is 1. The molecule has 0 aliphatic rings. The zero-order valence-electron chi connectivity index (χ0n) is 25.4. The van der Waals surface area contributed by atoms with E-state index in [4.69, 9.17) is 4.74 Å². The molecule has 244 valence electrons. The molecule has 3 rings (SSSR count). The van der Waals surface area contributed by atoms with Crippen LogP contribution in [0.2, 0.25) is 0 Å². The largest absolute Gasteiger partial charge is 0.493 e. The number of hydrogen-bond donors (Lipinski definition) is 0. The maximum absolute atomic E-state index is 14.5. The molecule has 0 radical (unpaired) electrons. The zero-order chi connectivity index (χ0) is 33.3. The van der Waals surface area contributed by atoms with Gasteiger partial charge in [0.05, 0.1) is 37.0 Å². The molecule has 0 amide bonds. The summed E-state index contributed by atoms with van der Waals surface area (Å²) in [6, 6.07) is 14.4. The average Bonchev–Trinajstić information content (AvgIpc) is 3.31. The van der Waals surface area contributed by atoms with Crippen LogP contribution in [0.4, 0.5) is 35.1 Å². The van der Waals surface area contributed by atoms with E-state index in [2.05, 4.69) is 4.74 Å². The first-order valence-electron chi connectivity index (χ1n) is 14.2. The number of aromatic nitrogens is 1. The number of fused-ring (bicyclic) bond motifs is 1. The van der Waals surface area contributed by atoms with Gasteiger partial charge in [-0.2, -0.15) is 35.1 Å². The van der Waals surface area contributed by atoms with Crippen LogP contribution >= 0.6 is 0 Å². The number of ether oxygens (including phenoxy) is 2. The highest BCUT2D eigenvalue weighted by molar-refractivity contribution is 5.88. The maximum atomic E-state index is 14.5. The number of alkyl halides is 8. The lowest BCUT2D eigenvalue weighted by Crippen LogP contribution is -2.62. The number of rotatable bonds is 13. The fraction of sp³-hybridized carbons (Fsp3) is 0.531. The lowest BCUT2D eigenvalue weighted by molar-refractivity contribution is -0.369. The summed E-state index contributed by atoms with van der Waals surface area (Å²) in [5, 5.41) is 0.785. The quantitative estimate of drug-likeness (QED) is 0.139. The number of esters is 1. The molecular formula is C32H37F8NO3. The number of halogens is 8. The van der Waals surface area contributed by atoms with E-state index in [0.717, 1.165) is 28.6 Å². The van der Waals surface area contributed by atoms with E-state index >= 15 is 0 Å². The van der Waals surface area contributed by atoms with Gasteiger partial charge < -0.3 is 14.0 Å². The van der Waals surface area contributed by atoms with E-state index in [1.807, 2.05) is 55.7 Å². The van der Waals surface area contributed by atoms with Crippen molar-refractivity contribution in [1.82, 2.24) is 4.57 Å². The minimum atomic E-state index is -6.46. The number of carbonyl (C=O) groups is 1. The van der Waals surface area contributed by atoms with Crippen LogP contribution in [0.3, 0.4) is 0 Å². The minimum Gasteiger partial charge on any atom is -0.493 e. The second-order valence-electron chi connectivity index (χ2n) is 12.1. The molecule has 44 heavy (non-hydrogen) atoms. The summed E-state index contributed by atoms with van der Waals surface area (Å²) in [6.45, 7) is 7.43. The Hall–Kier alpha value is -3.31. The molecule has 0 bridgehead atoms. The second kappa shape index (κ2) is 12.6. The van der Waals surface area contributed by atoms with Gasteiger partial charge in [0.25, 0.3) is 0 Å². The Bertz CT molecular complexity index is 1440. The van der Waals surface area contributed by atoms with Crippen molar-refractivity contribution in [2.24, 2.45) is 5.41 Å². The Morgan fingerprint density at radius 2 is 1.34 bits per heavy atom. The highest BCUT2D eigenvalue weighted by atomic mass is 19.4. The van der Waals surface area contributed by atoms with Crippen molar-refractivity contribution in [3.05, 3.63) is 54.1 Å². The Morgan fingerprint density at radius 3 is 1.84 bits per heavy atom. The summed E-state index contributed by atoms with van der Waals surface area (Å²) >= 11 is 0. The summed E-state index contributed by atoms with van der Waals surface area (Å²) in [4.78, 5) is 11.7. The monoisotopic (exact) mass is 635 g/mol. The molecule has 0 saturated carbocycles. The van der Waals surface area contributed by atoms with Crippen molar-refractivity contribution in [2.45, 2.75) is 90.5 Å². The fourth-order valence-electron chi connectivity index (χ4n) is 4.54. The highest BCUT2D eigenvalue weighted by Crippen LogP contribution is 2.54. The number of carbonyl (C=O) groups excluding carboxylic acids is 1. The Kier molecular flexibility index (Phi) is 10.1. The first kappa shape index (κ1) is 35.2. The molecule has 0 fully saturated rings. The molecule has 0 unspecified atom stereocenters. The van der Waals surface area contributed by atoms with Gasteiger partial charge in [0, 0.05) is 23.2 Å². The molecule has 0 N–H and O–H groups in total. The van der Waals surface area contributed by atoms with Gasteiger partial charge in [0.2, 0.25) is 0 Å². The zero-order valence-corrected chi connectivity index (χ0v) is 25.4. The van der Waals surface area contributed by atoms with Crippen LogP contribution in [0.5, 0.6) is 5.75 Å². The molecule has 0 spiro atoms. The van der Waals surface area contributed by atoms with E-state index in [-0.39, 0.29) is 11.8 Å². The van der Waals surface area contributed by atoms with Crippen LogP contribution in [0.1, 0.15) is 66.0 Å². The number of hydrogen-bond acceptors (Lipinski definition) is 3. The standard InChI is InChI=1S/C32H37F8NO3/c1-7-21-8-10-22(11-9-21)25-18-23-12-13-24(19-26(23)41(25)20(2)3)43-16-14-29(33,34)31(37,38)32(39,40)30(35,36)15-17-44-27(42)28(4,5)6/h8-13,18-20H,7,14-17H2,1-6H3. The Balaban J connectivity index is 1.75. The molecule has 0 atom stereocenters. The van der Waals surface area contributed by atoms with Gasteiger partial charge in [-0.3, -0.25) is 4.79 Å². The first-order chi connectivity index (χ1) is 20.2. The van der Waals surface area contributed by atoms with Crippen LogP contribution in [-0.2, 0) is 16.0 Å². The van der Waals surface area contributed by atoms with Crippen molar-refractivity contribution < 1.29 is 49.4 Å². The lowest BCUT2D eigenvalue weighted by atomic mass is 9.95. The smallest absolute Gasteiger partial charge is 0.378 e. The third-order valence-electron chi connectivity index (χ3n) is 7.25. The molecule has 0 aliphatic carbocycles. The molecule has 1 aromatic heterocycles. The van der Waals surface area contributed by atoms with Crippen LogP contribution in [0.25, 0.3) is 22.2 Å². The SMILES string of the molecule is CCc1ccc(-c2cc3ccc(OCCC(F)(F)C(F)(F)C(F)(F)C(F)(F)CCOC(=O)C(C)(C)C)cc3n2C(C)C)cc1. The molecule has 2 aromatic carbocycles. The van der Waals surface area contributed by atoms with Crippen molar-refractivity contribution in [2.75, 3.05) is 13.2 Å². The third kappa shape index (κ3) is 6.99. The Morgan fingerprint density at radius 1 is 0.795 bits per heavy atom. The molecular weight excluding hydrogens is 598 g/mol. The molecule has 1 heterocycles. The molecule has 0 aliphatic heterocycles. The summed E-state index contributed by atoms with van der Waals surface area (Å²) in [5.74, 6) is -25.1. The van der Waals surface area contributed by atoms with E-state index in [9.17, 15) is 39.9 Å². The van der Waals surface area contributed by atoms with Crippen LogP contribution in [0.15, 0.2) is 48.5 Å². The van der Waals surface area contributed by atoms with Gasteiger partial charge in [-0.1, -0.05) is 31.2 Å². The summed E-state index contributed by atoms with van der Waals surface area (Å²) in [5.41, 5.74) is 2.43.